The summed E-state index contributed by atoms with van der Waals surface area (Å²) in [7, 11) is 0. The van der Waals surface area contributed by atoms with Gasteiger partial charge in [0.15, 0.2) is 0 Å². The Balaban J connectivity index is 1.92. The van der Waals surface area contributed by atoms with Gasteiger partial charge in [0.1, 0.15) is 5.75 Å². The minimum absolute atomic E-state index is 0.339. The number of fused-ring (bicyclic) bond motifs is 1. The quantitative estimate of drug-likeness (QED) is 0.581. The van der Waals surface area contributed by atoms with E-state index in [2.05, 4.69) is 11.1 Å². The first-order valence-electron chi connectivity index (χ1n) is 7.48. The fourth-order valence-corrected chi connectivity index (χ4v) is 3.04. The number of alkyl halides is 1. The lowest BCUT2D eigenvalue weighted by molar-refractivity contribution is 0.186. The van der Waals surface area contributed by atoms with Gasteiger partial charge < -0.3 is 4.74 Å². The van der Waals surface area contributed by atoms with E-state index < -0.39 is 0 Å². The summed E-state index contributed by atoms with van der Waals surface area (Å²) in [4.78, 5) is 4.55. The van der Waals surface area contributed by atoms with Crippen LogP contribution in [0.25, 0.3) is 10.9 Å². The smallest absolute Gasteiger partial charge is 0.130 e. The molecule has 3 rings (SSSR count). The van der Waals surface area contributed by atoms with Crippen molar-refractivity contribution in [1.29, 1.82) is 0 Å². The second kappa shape index (κ2) is 6.45. The van der Waals surface area contributed by atoms with Gasteiger partial charge >= 0.3 is 0 Å². The molecule has 1 aromatic carbocycles. The zero-order chi connectivity index (χ0) is 13.8. The number of aromatic nitrogens is 1. The number of hydrogen-bond acceptors (Lipinski definition) is 2. The molecule has 1 heterocycles. The third-order valence-electron chi connectivity index (χ3n) is 3.96. The van der Waals surface area contributed by atoms with Crippen LogP contribution in [-0.2, 0) is 5.88 Å². The fourth-order valence-electron chi connectivity index (χ4n) is 2.90. The zero-order valence-corrected chi connectivity index (χ0v) is 12.4. The van der Waals surface area contributed by atoms with Gasteiger partial charge in [-0.3, -0.25) is 4.98 Å². The van der Waals surface area contributed by atoms with Crippen molar-refractivity contribution in [2.24, 2.45) is 0 Å². The van der Waals surface area contributed by atoms with Crippen LogP contribution in [-0.4, -0.2) is 11.1 Å². The monoisotopic (exact) mass is 289 g/mol. The summed E-state index contributed by atoms with van der Waals surface area (Å²) in [6.07, 6.45) is 7.88. The van der Waals surface area contributed by atoms with Gasteiger partial charge in [-0.1, -0.05) is 25.0 Å². The second-order valence-electron chi connectivity index (χ2n) is 5.49. The van der Waals surface area contributed by atoms with Crippen LogP contribution in [0.5, 0.6) is 5.75 Å². The van der Waals surface area contributed by atoms with Crippen LogP contribution in [0.3, 0.4) is 0 Å². The van der Waals surface area contributed by atoms with E-state index in [9.17, 15) is 0 Å². The number of hydrogen-bond donors (Lipinski definition) is 0. The van der Waals surface area contributed by atoms with Crippen molar-refractivity contribution in [3.63, 3.8) is 0 Å². The second-order valence-corrected chi connectivity index (χ2v) is 5.76. The van der Waals surface area contributed by atoms with E-state index in [0.717, 1.165) is 35.2 Å². The molecule has 20 heavy (non-hydrogen) atoms. The van der Waals surface area contributed by atoms with E-state index in [1.165, 1.54) is 25.7 Å². The van der Waals surface area contributed by atoms with Crippen LogP contribution >= 0.6 is 11.6 Å². The molecular weight excluding hydrogens is 270 g/mol. The standard InChI is InChI=1S/C17H20ClNO/c18-12-13-11-17(15-9-5-6-10-16(15)19-13)20-14-7-3-1-2-4-8-14/h5-6,9-11,14H,1-4,7-8,12H2. The van der Waals surface area contributed by atoms with Gasteiger partial charge in [0.25, 0.3) is 0 Å². The highest BCUT2D eigenvalue weighted by atomic mass is 35.5. The molecule has 1 fully saturated rings. The van der Waals surface area contributed by atoms with Crippen molar-refractivity contribution in [2.45, 2.75) is 50.5 Å². The summed E-state index contributed by atoms with van der Waals surface area (Å²) in [5.74, 6) is 1.37. The van der Waals surface area contributed by atoms with Crippen molar-refractivity contribution in [2.75, 3.05) is 0 Å². The molecule has 1 aromatic heterocycles. The summed E-state index contributed by atoms with van der Waals surface area (Å²) in [5.41, 5.74) is 1.85. The average molecular weight is 290 g/mol. The highest BCUT2D eigenvalue weighted by Gasteiger charge is 2.15. The van der Waals surface area contributed by atoms with Gasteiger partial charge in [0.05, 0.1) is 23.2 Å². The third-order valence-corrected chi connectivity index (χ3v) is 4.24. The predicted octanol–water partition coefficient (Wildman–Crippen LogP) is 5.08. The van der Waals surface area contributed by atoms with Gasteiger partial charge in [-0.05, 0) is 37.8 Å². The lowest BCUT2D eigenvalue weighted by Gasteiger charge is -2.18. The Morgan fingerprint density at radius 2 is 1.85 bits per heavy atom. The van der Waals surface area contributed by atoms with Crippen LogP contribution in [0.4, 0.5) is 0 Å². The van der Waals surface area contributed by atoms with Crippen LogP contribution in [0.2, 0.25) is 0 Å². The van der Waals surface area contributed by atoms with Gasteiger partial charge in [-0.2, -0.15) is 0 Å². The highest BCUT2D eigenvalue weighted by Crippen LogP contribution is 2.29. The Hall–Kier alpha value is -1.28. The molecule has 0 spiro atoms. The maximum atomic E-state index is 6.29. The number of rotatable bonds is 3. The van der Waals surface area contributed by atoms with Crippen molar-refractivity contribution >= 4 is 22.5 Å². The van der Waals surface area contributed by atoms with E-state index >= 15 is 0 Å². The average Bonchev–Trinajstić information content (AvgIpc) is 2.75. The molecule has 2 aromatic rings. The molecule has 0 atom stereocenters. The van der Waals surface area contributed by atoms with Crippen molar-refractivity contribution < 1.29 is 4.74 Å². The minimum Gasteiger partial charge on any atom is -0.490 e. The van der Waals surface area contributed by atoms with Gasteiger partial charge in [0, 0.05) is 11.5 Å². The molecule has 0 N–H and O–H groups in total. The Bertz CT molecular complexity index is 576. The summed E-state index contributed by atoms with van der Waals surface area (Å²) in [6.45, 7) is 0. The molecule has 1 saturated carbocycles. The Morgan fingerprint density at radius 3 is 2.60 bits per heavy atom. The maximum Gasteiger partial charge on any atom is 0.130 e. The van der Waals surface area contributed by atoms with Crippen LogP contribution in [0.15, 0.2) is 30.3 Å². The summed E-state index contributed by atoms with van der Waals surface area (Å²) >= 11 is 5.95. The molecule has 0 bridgehead atoms. The SMILES string of the molecule is ClCc1cc(OC2CCCCCC2)c2ccccc2n1. The number of halogens is 1. The van der Waals surface area contributed by atoms with E-state index in [0.29, 0.717) is 12.0 Å². The molecule has 0 amide bonds. The van der Waals surface area contributed by atoms with E-state index in [1.54, 1.807) is 0 Å². The Kier molecular flexibility index (Phi) is 4.41. The van der Waals surface area contributed by atoms with Crippen molar-refractivity contribution in [1.82, 2.24) is 4.98 Å². The summed E-state index contributed by atoms with van der Waals surface area (Å²) in [5, 5.41) is 1.09. The predicted molar refractivity (Wildman–Crippen MR) is 83.4 cm³/mol. The van der Waals surface area contributed by atoms with Gasteiger partial charge in [-0.15, -0.1) is 11.6 Å². The van der Waals surface area contributed by atoms with E-state index in [1.807, 2.05) is 24.3 Å². The molecule has 0 saturated heterocycles. The number of pyridine rings is 1. The van der Waals surface area contributed by atoms with E-state index in [-0.39, 0.29) is 0 Å². The number of ether oxygens (including phenoxy) is 1. The van der Waals surface area contributed by atoms with Crippen LogP contribution in [0.1, 0.15) is 44.2 Å². The van der Waals surface area contributed by atoms with Crippen LogP contribution in [0, 0.1) is 0 Å². The molecule has 1 aliphatic carbocycles. The lowest BCUT2D eigenvalue weighted by Crippen LogP contribution is -2.15. The maximum absolute atomic E-state index is 6.29. The first-order chi connectivity index (χ1) is 9.86. The summed E-state index contributed by atoms with van der Waals surface area (Å²) < 4.78 is 6.29. The van der Waals surface area contributed by atoms with E-state index in [4.69, 9.17) is 16.3 Å². The first kappa shape index (κ1) is 13.7. The zero-order valence-electron chi connectivity index (χ0n) is 11.6. The molecular formula is C17H20ClNO. The molecule has 0 unspecified atom stereocenters. The molecule has 2 nitrogen and oxygen atoms in total. The number of benzene rings is 1. The molecule has 106 valence electrons. The highest BCUT2D eigenvalue weighted by molar-refractivity contribution is 6.17. The molecule has 0 aliphatic heterocycles. The van der Waals surface area contributed by atoms with Gasteiger partial charge in [0.2, 0.25) is 0 Å². The minimum atomic E-state index is 0.339. The third kappa shape index (κ3) is 3.06. The lowest BCUT2D eigenvalue weighted by atomic mass is 10.1. The number of para-hydroxylation sites is 1. The Labute approximate surface area is 125 Å². The number of nitrogens with zero attached hydrogens (tertiary/aromatic N) is 1. The fraction of sp³-hybridized carbons (Fsp3) is 0.471. The molecule has 3 heteroatoms. The first-order valence-corrected chi connectivity index (χ1v) is 8.01. The normalized spacial score (nSPS) is 17.1. The topological polar surface area (TPSA) is 22.1 Å². The van der Waals surface area contributed by atoms with Crippen LogP contribution < -0.4 is 4.74 Å². The molecule has 0 radical (unpaired) electrons. The van der Waals surface area contributed by atoms with Gasteiger partial charge in [-0.25, -0.2) is 0 Å². The van der Waals surface area contributed by atoms with Crippen molar-refractivity contribution in [3.05, 3.63) is 36.0 Å². The van der Waals surface area contributed by atoms with Crippen molar-refractivity contribution in [3.8, 4) is 5.75 Å². The Morgan fingerprint density at radius 1 is 1.10 bits per heavy atom. The molecule has 1 aliphatic rings. The largest absolute Gasteiger partial charge is 0.490 e. The summed E-state index contributed by atoms with van der Waals surface area (Å²) in [6, 6.07) is 10.1.